The lowest BCUT2D eigenvalue weighted by atomic mass is 10.1. The summed E-state index contributed by atoms with van der Waals surface area (Å²) in [5.41, 5.74) is 7.28. The summed E-state index contributed by atoms with van der Waals surface area (Å²) < 4.78 is 0. The standard InChI is InChI=1S/C12H13N3O3/c1-7-2-3-9(13)8(4-7)12(18)15-5-10(16)14-11(17)6-15/h2-4H,5-6,13H2,1H3,(H,14,16,17). The van der Waals surface area contributed by atoms with E-state index in [-0.39, 0.29) is 13.1 Å². The SMILES string of the molecule is Cc1ccc(N)c(C(=O)N2CC(=O)NC(=O)C2)c1. The third-order valence-electron chi connectivity index (χ3n) is 2.67. The summed E-state index contributed by atoms with van der Waals surface area (Å²) in [7, 11) is 0. The van der Waals surface area contributed by atoms with Gasteiger partial charge < -0.3 is 10.6 Å². The van der Waals surface area contributed by atoms with E-state index < -0.39 is 17.7 Å². The third kappa shape index (κ3) is 2.32. The zero-order valence-electron chi connectivity index (χ0n) is 9.90. The molecule has 0 bridgehead atoms. The van der Waals surface area contributed by atoms with Crippen molar-refractivity contribution in [3.8, 4) is 0 Å². The van der Waals surface area contributed by atoms with Crippen LogP contribution >= 0.6 is 0 Å². The number of nitrogen functional groups attached to an aromatic ring is 1. The van der Waals surface area contributed by atoms with Crippen molar-refractivity contribution in [1.82, 2.24) is 10.2 Å². The number of imide groups is 1. The smallest absolute Gasteiger partial charge is 0.256 e. The number of nitrogens with two attached hydrogens (primary N) is 1. The molecule has 1 aliphatic heterocycles. The summed E-state index contributed by atoms with van der Waals surface area (Å²) in [4.78, 5) is 35.8. The number of rotatable bonds is 1. The van der Waals surface area contributed by atoms with Crippen LogP contribution in [0.4, 0.5) is 5.69 Å². The van der Waals surface area contributed by atoms with Gasteiger partial charge in [-0.25, -0.2) is 0 Å². The van der Waals surface area contributed by atoms with Crippen LogP contribution in [0.5, 0.6) is 0 Å². The van der Waals surface area contributed by atoms with E-state index in [1.54, 1.807) is 18.2 Å². The molecule has 18 heavy (non-hydrogen) atoms. The topological polar surface area (TPSA) is 92.5 Å². The lowest BCUT2D eigenvalue weighted by molar-refractivity contribution is -0.135. The van der Waals surface area contributed by atoms with Gasteiger partial charge in [0.15, 0.2) is 0 Å². The van der Waals surface area contributed by atoms with Gasteiger partial charge in [-0.3, -0.25) is 19.7 Å². The number of nitrogens with one attached hydrogen (secondary N) is 1. The van der Waals surface area contributed by atoms with Gasteiger partial charge in [-0.1, -0.05) is 11.6 Å². The number of nitrogens with zero attached hydrogens (tertiary/aromatic N) is 1. The van der Waals surface area contributed by atoms with Gasteiger partial charge in [-0.15, -0.1) is 0 Å². The average Bonchev–Trinajstić information content (AvgIpc) is 2.30. The van der Waals surface area contributed by atoms with Crippen molar-refractivity contribution in [2.24, 2.45) is 0 Å². The van der Waals surface area contributed by atoms with Crippen LogP contribution in [0.2, 0.25) is 0 Å². The summed E-state index contributed by atoms with van der Waals surface area (Å²) in [6.07, 6.45) is 0. The molecule has 0 spiro atoms. The first kappa shape index (κ1) is 12.1. The minimum absolute atomic E-state index is 0.127. The summed E-state index contributed by atoms with van der Waals surface area (Å²) in [5, 5.41) is 2.14. The zero-order valence-corrected chi connectivity index (χ0v) is 9.90. The highest BCUT2D eigenvalue weighted by molar-refractivity contribution is 6.07. The van der Waals surface area contributed by atoms with Gasteiger partial charge in [-0.2, -0.15) is 0 Å². The first-order valence-electron chi connectivity index (χ1n) is 5.45. The number of carbonyl (C=O) groups is 3. The molecule has 1 fully saturated rings. The molecule has 1 aliphatic rings. The number of aryl methyl sites for hydroxylation is 1. The zero-order chi connectivity index (χ0) is 13.3. The van der Waals surface area contributed by atoms with Crippen molar-refractivity contribution < 1.29 is 14.4 Å². The predicted molar refractivity (Wildman–Crippen MR) is 64.6 cm³/mol. The molecule has 0 unspecified atom stereocenters. The lowest BCUT2D eigenvalue weighted by Gasteiger charge is -2.26. The van der Waals surface area contributed by atoms with Crippen LogP contribution in [0, 0.1) is 6.92 Å². The number of anilines is 1. The quantitative estimate of drug-likeness (QED) is 0.525. The second kappa shape index (κ2) is 4.48. The monoisotopic (exact) mass is 247 g/mol. The Bertz CT molecular complexity index is 523. The van der Waals surface area contributed by atoms with E-state index in [4.69, 9.17) is 5.73 Å². The van der Waals surface area contributed by atoms with Crippen LogP contribution in [0.25, 0.3) is 0 Å². The Hall–Kier alpha value is -2.37. The minimum Gasteiger partial charge on any atom is -0.398 e. The Kier molecular flexibility index (Phi) is 3.01. The molecule has 0 radical (unpaired) electrons. The number of benzene rings is 1. The largest absolute Gasteiger partial charge is 0.398 e. The molecule has 1 aromatic rings. The van der Waals surface area contributed by atoms with Gasteiger partial charge in [0.25, 0.3) is 5.91 Å². The Morgan fingerprint density at radius 2 is 1.89 bits per heavy atom. The molecule has 1 aromatic carbocycles. The van der Waals surface area contributed by atoms with Crippen LogP contribution in [0.3, 0.4) is 0 Å². The van der Waals surface area contributed by atoms with E-state index in [0.29, 0.717) is 11.3 Å². The van der Waals surface area contributed by atoms with Gasteiger partial charge in [0, 0.05) is 5.69 Å². The molecule has 0 saturated carbocycles. The molecule has 3 N–H and O–H groups in total. The predicted octanol–water partition coefficient (Wildman–Crippen LogP) is -0.324. The first-order valence-corrected chi connectivity index (χ1v) is 5.45. The van der Waals surface area contributed by atoms with Crippen LogP contribution in [0.1, 0.15) is 15.9 Å². The third-order valence-corrected chi connectivity index (χ3v) is 2.67. The lowest BCUT2D eigenvalue weighted by Crippen LogP contribution is -2.53. The molecular weight excluding hydrogens is 234 g/mol. The van der Waals surface area contributed by atoms with E-state index in [0.717, 1.165) is 5.56 Å². The fraction of sp³-hybridized carbons (Fsp3) is 0.250. The maximum Gasteiger partial charge on any atom is 0.256 e. The van der Waals surface area contributed by atoms with Crippen LogP contribution in [-0.4, -0.2) is 35.7 Å². The van der Waals surface area contributed by atoms with Crippen molar-refractivity contribution >= 4 is 23.4 Å². The van der Waals surface area contributed by atoms with Crippen molar-refractivity contribution in [3.05, 3.63) is 29.3 Å². The summed E-state index contributed by atoms with van der Waals surface area (Å²) >= 11 is 0. The molecule has 1 heterocycles. The Labute approximate surface area is 104 Å². The molecular formula is C12H13N3O3. The molecule has 0 atom stereocenters. The Balaban J connectivity index is 2.28. The molecule has 0 aliphatic carbocycles. The van der Waals surface area contributed by atoms with Crippen LogP contribution < -0.4 is 11.1 Å². The molecule has 0 aromatic heterocycles. The molecule has 2 rings (SSSR count). The normalized spacial score (nSPS) is 15.5. The highest BCUT2D eigenvalue weighted by atomic mass is 16.2. The number of hydrogen-bond acceptors (Lipinski definition) is 4. The molecule has 3 amide bonds. The van der Waals surface area contributed by atoms with E-state index >= 15 is 0 Å². The maximum atomic E-state index is 12.2. The van der Waals surface area contributed by atoms with E-state index in [1.165, 1.54) is 4.90 Å². The van der Waals surface area contributed by atoms with Crippen molar-refractivity contribution in [2.45, 2.75) is 6.92 Å². The fourth-order valence-electron chi connectivity index (χ4n) is 1.81. The maximum absolute atomic E-state index is 12.2. The van der Waals surface area contributed by atoms with Crippen LogP contribution in [0.15, 0.2) is 18.2 Å². The second-order valence-electron chi connectivity index (χ2n) is 4.22. The van der Waals surface area contributed by atoms with Gasteiger partial charge in [-0.05, 0) is 19.1 Å². The molecule has 6 nitrogen and oxygen atoms in total. The van der Waals surface area contributed by atoms with E-state index in [9.17, 15) is 14.4 Å². The van der Waals surface area contributed by atoms with Crippen LogP contribution in [-0.2, 0) is 9.59 Å². The highest BCUT2D eigenvalue weighted by Crippen LogP contribution is 2.16. The first-order chi connectivity index (χ1) is 8.47. The van der Waals surface area contributed by atoms with Crippen molar-refractivity contribution in [3.63, 3.8) is 0 Å². The number of amides is 3. The summed E-state index contributed by atoms with van der Waals surface area (Å²) in [6, 6.07) is 5.07. The van der Waals surface area contributed by atoms with E-state index in [2.05, 4.69) is 5.32 Å². The number of piperazine rings is 1. The average molecular weight is 247 g/mol. The van der Waals surface area contributed by atoms with Gasteiger partial charge in [0.05, 0.1) is 5.56 Å². The van der Waals surface area contributed by atoms with Crippen molar-refractivity contribution in [2.75, 3.05) is 18.8 Å². The Morgan fingerprint density at radius 3 is 2.50 bits per heavy atom. The highest BCUT2D eigenvalue weighted by Gasteiger charge is 2.27. The van der Waals surface area contributed by atoms with Gasteiger partial charge in [0.2, 0.25) is 11.8 Å². The molecule has 94 valence electrons. The summed E-state index contributed by atoms with van der Waals surface area (Å²) in [6.45, 7) is 1.58. The number of hydrogen-bond donors (Lipinski definition) is 2. The van der Waals surface area contributed by atoms with Gasteiger partial charge >= 0.3 is 0 Å². The molecule has 1 saturated heterocycles. The minimum atomic E-state index is -0.481. The molecule has 6 heteroatoms. The van der Waals surface area contributed by atoms with E-state index in [1.807, 2.05) is 6.92 Å². The van der Waals surface area contributed by atoms with Crippen molar-refractivity contribution in [1.29, 1.82) is 0 Å². The summed E-state index contributed by atoms with van der Waals surface area (Å²) in [5.74, 6) is -1.36. The van der Waals surface area contributed by atoms with Gasteiger partial charge in [0.1, 0.15) is 13.1 Å². The Morgan fingerprint density at radius 1 is 1.28 bits per heavy atom. The number of carbonyl (C=O) groups excluding carboxylic acids is 3. The fourth-order valence-corrected chi connectivity index (χ4v) is 1.81. The second-order valence-corrected chi connectivity index (χ2v) is 4.22.